The monoisotopic (exact) mass is 189 g/mol. The average molecular weight is 189 g/mol. The molecule has 0 aromatic heterocycles. The van der Waals surface area contributed by atoms with Crippen LogP contribution in [0.2, 0.25) is 0 Å². The zero-order chi connectivity index (χ0) is 10.2. The molecule has 1 rings (SSSR count). The van der Waals surface area contributed by atoms with E-state index in [2.05, 4.69) is 5.32 Å². The van der Waals surface area contributed by atoms with Gasteiger partial charge in [0.2, 0.25) is 0 Å². The van der Waals surface area contributed by atoms with Crippen LogP contribution in [0.4, 0.5) is 13.2 Å². The van der Waals surface area contributed by atoms with Gasteiger partial charge < -0.3 is 0 Å². The number of carbonyl (C=O) groups is 1. The number of carbonyl (C=O) groups excluding carboxylic acids is 1. The summed E-state index contributed by atoms with van der Waals surface area (Å²) in [5.74, 6) is -0.761. The number of nitrogens with zero attached hydrogens (tertiary/aromatic N) is 1. The summed E-state index contributed by atoms with van der Waals surface area (Å²) in [6.07, 6.45) is -2.47. The fourth-order valence-electron chi connectivity index (χ4n) is 1.15. The van der Waals surface area contributed by atoms with Crippen LogP contribution in [0.5, 0.6) is 0 Å². The van der Waals surface area contributed by atoms with Crippen molar-refractivity contribution in [2.75, 3.05) is 0 Å². The molecule has 0 N–H and O–H groups in total. The van der Waals surface area contributed by atoms with Crippen molar-refractivity contribution in [1.82, 2.24) is 5.32 Å². The molecule has 0 aromatic carbocycles. The minimum Gasteiger partial charge on any atom is -0.267 e. The molecule has 2 radical (unpaired) electrons. The van der Waals surface area contributed by atoms with E-state index in [0.717, 1.165) is 6.92 Å². The van der Waals surface area contributed by atoms with Crippen molar-refractivity contribution < 1.29 is 18.0 Å². The van der Waals surface area contributed by atoms with Gasteiger partial charge >= 0.3 is 6.18 Å². The van der Waals surface area contributed by atoms with Crippen LogP contribution in [-0.4, -0.2) is 12.1 Å². The van der Waals surface area contributed by atoms with Crippen LogP contribution in [0.3, 0.4) is 0 Å². The van der Waals surface area contributed by atoms with Crippen molar-refractivity contribution in [3.63, 3.8) is 0 Å². The molecule has 13 heavy (non-hydrogen) atoms. The maximum Gasteiger partial charge on any atom is 0.418 e. The molecule has 0 unspecified atom stereocenters. The summed E-state index contributed by atoms with van der Waals surface area (Å²) >= 11 is 0. The Bertz CT molecular complexity index is 312. The van der Waals surface area contributed by atoms with E-state index in [1.54, 1.807) is 0 Å². The van der Waals surface area contributed by atoms with Gasteiger partial charge in [-0.1, -0.05) is 0 Å². The quantitative estimate of drug-likeness (QED) is 0.570. The Morgan fingerprint density at radius 3 is 2.23 bits per heavy atom. The van der Waals surface area contributed by atoms with Crippen LogP contribution in [0.15, 0.2) is 16.8 Å². The first-order valence-electron chi connectivity index (χ1n) is 3.47. The van der Waals surface area contributed by atoms with Gasteiger partial charge in [0, 0.05) is 0 Å². The van der Waals surface area contributed by atoms with Crippen molar-refractivity contribution in [3.05, 3.63) is 22.9 Å². The Balaban J connectivity index is 3.16. The number of allylic oxidation sites excluding steroid dienone is 3. The summed E-state index contributed by atoms with van der Waals surface area (Å²) in [7, 11) is 0. The number of alkyl halides is 3. The summed E-state index contributed by atoms with van der Waals surface area (Å²) < 4.78 is 36.8. The first kappa shape index (κ1) is 9.83. The standard InChI is InChI=1S/C8H6F3NO/c1-4-3-6(13)12-5(2)7(4)8(9,10)11/h1-2H3. The van der Waals surface area contributed by atoms with Gasteiger partial charge in [0.05, 0.1) is 17.3 Å². The molecule has 1 heterocycles. The fourth-order valence-corrected chi connectivity index (χ4v) is 1.15. The Hall–Kier alpha value is -1.26. The van der Waals surface area contributed by atoms with Crippen LogP contribution in [0, 0.1) is 6.08 Å². The molecular formula is C8H6F3NO. The molecule has 5 heteroatoms. The summed E-state index contributed by atoms with van der Waals surface area (Å²) in [6, 6.07) is 0. The zero-order valence-electron chi connectivity index (χ0n) is 6.99. The molecule has 0 aliphatic carbocycles. The molecule has 0 aromatic rings. The smallest absolute Gasteiger partial charge is 0.267 e. The largest absolute Gasteiger partial charge is 0.418 e. The Kier molecular flexibility index (Phi) is 2.19. The lowest BCUT2D eigenvalue weighted by Crippen LogP contribution is -2.25. The Labute approximate surface area is 73.1 Å². The van der Waals surface area contributed by atoms with Gasteiger partial charge in [-0.2, -0.15) is 13.2 Å². The lowest BCUT2D eigenvalue weighted by molar-refractivity contribution is -0.117. The number of amides is 1. The van der Waals surface area contributed by atoms with Gasteiger partial charge in [0.1, 0.15) is 0 Å². The second-order valence-corrected chi connectivity index (χ2v) is 2.63. The van der Waals surface area contributed by atoms with Crippen LogP contribution < -0.4 is 5.32 Å². The van der Waals surface area contributed by atoms with Gasteiger partial charge in [-0.25, -0.2) is 5.32 Å². The summed E-state index contributed by atoms with van der Waals surface area (Å²) in [4.78, 5) is 10.7. The fraction of sp³-hybridized carbons (Fsp3) is 0.375. The average Bonchev–Trinajstić information content (AvgIpc) is 1.78. The molecule has 0 atom stereocenters. The number of hydrogen-bond donors (Lipinski definition) is 0. The van der Waals surface area contributed by atoms with E-state index >= 15 is 0 Å². The molecule has 0 saturated heterocycles. The van der Waals surface area contributed by atoms with Crippen LogP contribution in [0.1, 0.15) is 13.8 Å². The SMILES string of the molecule is CC1=[C]C(=O)[N]C(C)=C1C(F)(F)F. The Morgan fingerprint density at radius 2 is 1.85 bits per heavy atom. The third-order valence-corrected chi connectivity index (χ3v) is 1.58. The third kappa shape index (κ3) is 1.91. The van der Waals surface area contributed by atoms with E-state index in [4.69, 9.17) is 0 Å². The molecule has 1 aliphatic heterocycles. The molecule has 0 bridgehead atoms. The molecule has 2 nitrogen and oxygen atoms in total. The van der Waals surface area contributed by atoms with Gasteiger partial charge in [0.25, 0.3) is 5.91 Å². The summed E-state index contributed by atoms with van der Waals surface area (Å²) in [5.41, 5.74) is -1.37. The normalized spacial score (nSPS) is 18.5. The first-order valence-corrected chi connectivity index (χ1v) is 3.47. The number of halogens is 3. The number of hydrogen-bond acceptors (Lipinski definition) is 1. The van der Waals surface area contributed by atoms with E-state index < -0.39 is 17.7 Å². The first-order chi connectivity index (χ1) is 5.82. The van der Waals surface area contributed by atoms with E-state index in [1.807, 2.05) is 6.08 Å². The minimum atomic E-state index is -4.47. The topological polar surface area (TPSA) is 31.2 Å². The predicted octanol–water partition coefficient (Wildman–Crippen LogP) is 1.72. The molecular weight excluding hydrogens is 183 g/mol. The maximum absolute atomic E-state index is 12.3. The van der Waals surface area contributed by atoms with Crippen molar-refractivity contribution in [2.24, 2.45) is 0 Å². The molecule has 0 fully saturated rings. The van der Waals surface area contributed by atoms with Crippen molar-refractivity contribution >= 4 is 5.91 Å². The molecule has 0 saturated carbocycles. The van der Waals surface area contributed by atoms with E-state index in [0.29, 0.717) is 0 Å². The summed E-state index contributed by atoms with van der Waals surface area (Å²) in [6.45, 7) is 2.35. The van der Waals surface area contributed by atoms with Crippen molar-refractivity contribution in [1.29, 1.82) is 0 Å². The maximum atomic E-state index is 12.3. The highest BCUT2D eigenvalue weighted by Gasteiger charge is 2.39. The zero-order valence-corrected chi connectivity index (χ0v) is 6.99. The molecule has 1 amide bonds. The van der Waals surface area contributed by atoms with Gasteiger partial charge in [0.15, 0.2) is 0 Å². The van der Waals surface area contributed by atoms with Gasteiger partial charge in [-0.05, 0) is 19.4 Å². The minimum absolute atomic E-state index is 0.204. The van der Waals surface area contributed by atoms with E-state index in [-0.39, 0.29) is 11.3 Å². The van der Waals surface area contributed by atoms with Crippen LogP contribution in [-0.2, 0) is 4.79 Å². The van der Waals surface area contributed by atoms with Gasteiger partial charge in [-0.3, -0.25) is 4.79 Å². The molecule has 1 aliphatic rings. The second kappa shape index (κ2) is 2.90. The van der Waals surface area contributed by atoms with Crippen molar-refractivity contribution in [3.8, 4) is 0 Å². The number of rotatable bonds is 0. The predicted molar refractivity (Wildman–Crippen MR) is 38.3 cm³/mol. The third-order valence-electron chi connectivity index (χ3n) is 1.58. The molecule has 0 spiro atoms. The van der Waals surface area contributed by atoms with Crippen LogP contribution >= 0.6 is 0 Å². The van der Waals surface area contributed by atoms with Crippen LogP contribution in [0.25, 0.3) is 0 Å². The van der Waals surface area contributed by atoms with E-state index in [1.165, 1.54) is 6.92 Å². The lowest BCUT2D eigenvalue weighted by Gasteiger charge is -2.17. The molecule has 70 valence electrons. The van der Waals surface area contributed by atoms with Gasteiger partial charge in [-0.15, -0.1) is 0 Å². The highest BCUT2D eigenvalue weighted by molar-refractivity contribution is 5.88. The highest BCUT2D eigenvalue weighted by Crippen LogP contribution is 2.34. The summed E-state index contributed by atoms with van der Waals surface area (Å²) in [5, 5.41) is 3.17. The highest BCUT2D eigenvalue weighted by atomic mass is 19.4. The lowest BCUT2D eigenvalue weighted by atomic mass is 10.0. The second-order valence-electron chi connectivity index (χ2n) is 2.63. The Morgan fingerprint density at radius 1 is 1.31 bits per heavy atom. The van der Waals surface area contributed by atoms with Crippen molar-refractivity contribution in [2.45, 2.75) is 20.0 Å². The van der Waals surface area contributed by atoms with E-state index in [9.17, 15) is 18.0 Å².